The maximum atomic E-state index is 13.3. The highest BCUT2D eigenvalue weighted by molar-refractivity contribution is 6.30. The lowest BCUT2D eigenvalue weighted by Gasteiger charge is -2.07. The molecule has 0 spiro atoms. The maximum absolute atomic E-state index is 13.3. The van der Waals surface area contributed by atoms with Gasteiger partial charge in [0.2, 0.25) is 0 Å². The minimum absolute atomic E-state index is 0.0485. The van der Waals surface area contributed by atoms with E-state index in [1.807, 2.05) is 0 Å². The molecule has 1 rings (SSSR count). The van der Waals surface area contributed by atoms with Gasteiger partial charge in [-0.25, -0.2) is 4.39 Å². The molecule has 1 aromatic rings. The van der Waals surface area contributed by atoms with E-state index in [9.17, 15) is 9.18 Å². The second kappa shape index (κ2) is 4.53. The van der Waals surface area contributed by atoms with Gasteiger partial charge in [0.1, 0.15) is 5.82 Å². The number of benzene rings is 1. The standard InChI is InChI=1S/C10H11ClFNO/c1-6(5-13)10(14)8-3-2-7(11)4-9(8)12/h2-4,6H,5,13H2,1H3. The molecule has 2 N–H and O–H groups in total. The van der Waals surface area contributed by atoms with Crippen molar-refractivity contribution in [2.24, 2.45) is 11.7 Å². The molecule has 0 bridgehead atoms. The van der Waals surface area contributed by atoms with Gasteiger partial charge in [-0.2, -0.15) is 0 Å². The monoisotopic (exact) mass is 215 g/mol. The molecule has 0 heterocycles. The van der Waals surface area contributed by atoms with E-state index in [-0.39, 0.29) is 28.8 Å². The Bertz CT molecular complexity index is 354. The predicted molar refractivity (Wildman–Crippen MR) is 54.0 cm³/mol. The van der Waals surface area contributed by atoms with Crippen LogP contribution in [0, 0.1) is 11.7 Å². The Labute approximate surface area is 86.9 Å². The van der Waals surface area contributed by atoms with Gasteiger partial charge in [-0.3, -0.25) is 4.79 Å². The summed E-state index contributed by atoms with van der Waals surface area (Å²) in [5, 5.41) is 0.277. The minimum Gasteiger partial charge on any atom is -0.330 e. The summed E-state index contributed by atoms with van der Waals surface area (Å²) in [6.45, 7) is 1.87. The lowest BCUT2D eigenvalue weighted by atomic mass is 9.99. The zero-order valence-electron chi connectivity index (χ0n) is 7.76. The fourth-order valence-corrected chi connectivity index (χ4v) is 1.22. The molecule has 76 valence electrons. The highest BCUT2D eigenvalue weighted by Crippen LogP contribution is 2.17. The van der Waals surface area contributed by atoms with Crippen molar-refractivity contribution in [2.45, 2.75) is 6.92 Å². The quantitative estimate of drug-likeness (QED) is 0.786. The molecular formula is C10H11ClFNO. The van der Waals surface area contributed by atoms with Gasteiger partial charge in [0.05, 0.1) is 5.56 Å². The van der Waals surface area contributed by atoms with Crippen LogP contribution in [-0.2, 0) is 0 Å². The number of rotatable bonds is 3. The van der Waals surface area contributed by atoms with Crippen LogP contribution in [0.1, 0.15) is 17.3 Å². The van der Waals surface area contributed by atoms with Crippen molar-refractivity contribution in [1.82, 2.24) is 0 Å². The topological polar surface area (TPSA) is 43.1 Å². The number of carbonyl (C=O) groups is 1. The van der Waals surface area contributed by atoms with Crippen molar-refractivity contribution in [1.29, 1.82) is 0 Å². The molecule has 1 atom stereocenters. The third-order valence-electron chi connectivity index (χ3n) is 2.00. The largest absolute Gasteiger partial charge is 0.330 e. The molecule has 0 radical (unpaired) electrons. The summed E-state index contributed by atoms with van der Waals surface area (Å²) < 4.78 is 13.3. The first-order chi connectivity index (χ1) is 6.56. The molecule has 1 unspecified atom stereocenters. The van der Waals surface area contributed by atoms with E-state index in [1.165, 1.54) is 12.1 Å². The van der Waals surface area contributed by atoms with E-state index in [0.29, 0.717) is 0 Å². The zero-order valence-corrected chi connectivity index (χ0v) is 8.51. The van der Waals surface area contributed by atoms with Gasteiger partial charge < -0.3 is 5.73 Å². The molecule has 0 aliphatic rings. The summed E-state index contributed by atoms with van der Waals surface area (Å²) in [5.74, 6) is -1.25. The van der Waals surface area contributed by atoms with Gasteiger partial charge in [0.25, 0.3) is 0 Å². The van der Waals surface area contributed by atoms with E-state index in [1.54, 1.807) is 6.92 Å². The first-order valence-corrected chi connectivity index (χ1v) is 4.63. The average Bonchev–Trinajstić information content (AvgIpc) is 2.15. The van der Waals surface area contributed by atoms with Gasteiger partial charge in [-0.15, -0.1) is 0 Å². The van der Waals surface area contributed by atoms with Crippen molar-refractivity contribution >= 4 is 17.4 Å². The third kappa shape index (κ3) is 2.30. The van der Waals surface area contributed by atoms with Crippen LogP contribution >= 0.6 is 11.6 Å². The zero-order chi connectivity index (χ0) is 10.7. The predicted octanol–water partition coefficient (Wildman–Crippen LogP) is 2.26. The van der Waals surface area contributed by atoms with Crippen molar-refractivity contribution in [3.05, 3.63) is 34.6 Å². The first-order valence-electron chi connectivity index (χ1n) is 4.25. The van der Waals surface area contributed by atoms with Crippen LogP contribution in [-0.4, -0.2) is 12.3 Å². The van der Waals surface area contributed by atoms with Crippen molar-refractivity contribution in [2.75, 3.05) is 6.54 Å². The fraction of sp³-hybridized carbons (Fsp3) is 0.300. The Kier molecular flexibility index (Phi) is 3.61. The fourth-order valence-electron chi connectivity index (χ4n) is 1.06. The van der Waals surface area contributed by atoms with Gasteiger partial charge >= 0.3 is 0 Å². The number of hydrogen-bond acceptors (Lipinski definition) is 2. The van der Waals surface area contributed by atoms with E-state index in [2.05, 4.69) is 0 Å². The molecule has 0 fully saturated rings. The number of carbonyl (C=O) groups excluding carboxylic acids is 1. The molecule has 2 nitrogen and oxygen atoms in total. The highest BCUT2D eigenvalue weighted by atomic mass is 35.5. The molecular weight excluding hydrogens is 205 g/mol. The van der Waals surface area contributed by atoms with Gasteiger partial charge in [-0.1, -0.05) is 18.5 Å². The number of Topliss-reactive ketones (excluding diaryl/α,β-unsaturated/α-hetero) is 1. The highest BCUT2D eigenvalue weighted by Gasteiger charge is 2.17. The molecule has 4 heteroatoms. The average molecular weight is 216 g/mol. The molecule has 0 aromatic heterocycles. The molecule has 14 heavy (non-hydrogen) atoms. The first kappa shape index (κ1) is 11.1. The SMILES string of the molecule is CC(CN)C(=O)c1ccc(Cl)cc1F. The number of ketones is 1. The second-order valence-corrected chi connectivity index (χ2v) is 3.56. The van der Waals surface area contributed by atoms with Crippen LogP contribution in [0.4, 0.5) is 4.39 Å². The summed E-state index contributed by atoms with van der Waals surface area (Å²) in [7, 11) is 0. The Morgan fingerprint density at radius 3 is 2.79 bits per heavy atom. The van der Waals surface area contributed by atoms with E-state index < -0.39 is 5.82 Å². The lowest BCUT2D eigenvalue weighted by Crippen LogP contribution is -2.21. The van der Waals surface area contributed by atoms with Crippen molar-refractivity contribution < 1.29 is 9.18 Å². The Hall–Kier alpha value is -0.930. The summed E-state index contributed by atoms with van der Waals surface area (Å²) in [5.41, 5.74) is 5.37. The van der Waals surface area contributed by atoms with Gasteiger partial charge in [0.15, 0.2) is 5.78 Å². The Morgan fingerprint density at radius 1 is 1.64 bits per heavy atom. The number of nitrogens with two attached hydrogens (primary N) is 1. The summed E-state index contributed by atoms with van der Waals surface area (Å²) >= 11 is 5.56. The summed E-state index contributed by atoms with van der Waals surface area (Å²) in [6.07, 6.45) is 0. The van der Waals surface area contributed by atoms with Crippen LogP contribution in [0.25, 0.3) is 0 Å². The third-order valence-corrected chi connectivity index (χ3v) is 2.23. The van der Waals surface area contributed by atoms with Crippen LogP contribution in [0.15, 0.2) is 18.2 Å². The normalized spacial score (nSPS) is 12.6. The summed E-state index contributed by atoms with van der Waals surface area (Å²) in [6, 6.07) is 3.99. The molecule has 0 saturated heterocycles. The lowest BCUT2D eigenvalue weighted by molar-refractivity contribution is 0.0930. The Morgan fingerprint density at radius 2 is 2.29 bits per heavy atom. The molecule has 1 aromatic carbocycles. The number of hydrogen-bond donors (Lipinski definition) is 1. The molecule has 0 amide bonds. The van der Waals surface area contributed by atoms with E-state index >= 15 is 0 Å². The van der Waals surface area contributed by atoms with Crippen LogP contribution in [0.5, 0.6) is 0 Å². The van der Waals surface area contributed by atoms with Crippen molar-refractivity contribution in [3.8, 4) is 0 Å². The van der Waals surface area contributed by atoms with Crippen LogP contribution in [0.2, 0.25) is 5.02 Å². The van der Waals surface area contributed by atoms with Crippen molar-refractivity contribution in [3.63, 3.8) is 0 Å². The molecule has 0 saturated carbocycles. The summed E-state index contributed by atoms with van der Waals surface area (Å²) in [4.78, 5) is 11.5. The van der Waals surface area contributed by atoms with E-state index in [4.69, 9.17) is 17.3 Å². The van der Waals surface area contributed by atoms with Gasteiger partial charge in [0, 0.05) is 17.5 Å². The smallest absolute Gasteiger partial charge is 0.169 e. The van der Waals surface area contributed by atoms with Crippen LogP contribution < -0.4 is 5.73 Å². The number of halogens is 2. The van der Waals surface area contributed by atoms with Gasteiger partial charge in [-0.05, 0) is 18.2 Å². The molecule has 0 aliphatic heterocycles. The van der Waals surface area contributed by atoms with E-state index in [0.717, 1.165) is 6.07 Å². The maximum Gasteiger partial charge on any atom is 0.169 e. The second-order valence-electron chi connectivity index (χ2n) is 3.13. The molecule has 0 aliphatic carbocycles. The van der Waals surface area contributed by atoms with Crippen LogP contribution in [0.3, 0.4) is 0 Å². The minimum atomic E-state index is -0.595. The Balaban J connectivity index is 3.02.